The number of aromatic nitrogens is 1. The summed E-state index contributed by atoms with van der Waals surface area (Å²) in [6, 6.07) is 5.33. The van der Waals surface area contributed by atoms with Crippen LogP contribution in [0.1, 0.15) is 5.69 Å². The highest BCUT2D eigenvalue weighted by molar-refractivity contribution is 6.29. The highest BCUT2D eigenvalue weighted by Gasteiger charge is 2.02. The molecule has 0 saturated heterocycles. The summed E-state index contributed by atoms with van der Waals surface area (Å²) in [5.74, 6) is 0. The number of hydrogen-bond acceptors (Lipinski definition) is 4. The summed E-state index contributed by atoms with van der Waals surface area (Å²) in [7, 11) is 1.62. The number of ether oxygens (including phenoxy) is 1. The van der Waals surface area contributed by atoms with Gasteiger partial charge in [0.25, 0.3) is 0 Å². The fourth-order valence-corrected chi connectivity index (χ4v) is 1.10. The summed E-state index contributed by atoms with van der Waals surface area (Å²) in [6.07, 6.45) is 0. The van der Waals surface area contributed by atoms with E-state index in [1.54, 1.807) is 19.2 Å². The van der Waals surface area contributed by atoms with Crippen LogP contribution < -0.4 is 5.32 Å². The van der Waals surface area contributed by atoms with Crippen LogP contribution >= 0.6 is 11.6 Å². The molecule has 0 bridgehead atoms. The number of nitrogens with zero attached hydrogens (tertiary/aromatic N) is 2. The lowest BCUT2D eigenvalue weighted by molar-refractivity contribution is 0.211. The third-order valence-corrected chi connectivity index (χ3v) is 1.80. The Labute approximate surface area is 87.5 Å². The molecule has 14 heavy (non-hydrogen) atoms. The van der Waals surface area contributed by atoms with E-state index in [0.29, 0.717) is 29.7 Å². The fourth-order valence-electron chi connectivity index (χ4n) is 0.951. The second kappa shape index (κ2) is 5.43. The SMILES string of the molecule is COCCNc1ccc(Cl)nc1C#N. The van der Waals surface area contributed by atoms with E-state index in [2.05, 4.69) is 10.3 Å². The van der Waals surface area contributed by atoms with E-state index in [4.69, 9.17) is 21.6 Å². The van der Waals surface area contributed by atoms with Gasteiger partial charge >= 0.3 is 0 Å². The highest BCUT2D eigenvalue weighted by atomic mass is 35.5. The lowest BCUT2D eigenvalue weighted by Crippen LogP contribution is -2.09. The molecule has 0 saturated carbocycles. The van der Waals surface area contributed by atoms with Crippen molar-refractivity contribution in [2.24, 2.45) is 0 Å². The first-order valence-electron chi connectivity index (χ1n) is 4.07. The zero-order chi connectivity index (χ0) is 10.4. The van der Waals surface area contributed by atoms with E-state index in [1.807, 2.05) is 6.07 Å². The van der Waals surface area contributed by atoms with E-state index in [9.17, 15) is 0 Å². The first-order chi connectivity index (χ1) is 6.77. The summed E-state index contributed by atoms with van der Waals surface area (Å²) < 4.78 is 4.87. The molecule has 1 heterocycles. The molecule has 4 nitrogen and oxygen atoms in total. The Hall–Kier alpha value is -1.31. The van der Waals surface area contributed by atoms with E-state index in [-0.39, 0.29) is 0 Å². The van der Waals surface area contributed by atoms with Gasteiger partial charge in [-0.2, -0.15) is 5.26 Å². The third-order valence-electron chi connectivity index (χ3n) is 1.59. The second-order valence-corrected chi connectivity index (χ2v) is 2.95. The zero-order valence-electron chi connectivity index (χ0n) is 7.75. The lowest BCUT2D eigenvalue weighted by atomic mass is 10.3. The van der Waals surface area contributed by atoms with Crippen molar-refractivity contribution in [3.63, 3.8) is 0 Å². The van der Waals surface area contributed by atoms with Gasteiger partial charge in [-0.05, 0) is 12.1 Å². The number of methoxy groups -OCH3 is 1. The Morgan fingerprint density at radius 1 is 1.64 bits per heavy atom. The first kappa shape index (κ1) is 10.8. The second-order valence-electron chi connectivity index (χ2n) is 2.56. The predicted molar refractivity (Wildman–Crippen MR) is 54.3 cm³/mol. The van der Waals surface area contributed by atoms with Crippen LogP contribution in [0.5, 0.6) is 0 Å². The van der Waals surface area contributed by atoms with Crippen molar-refractivity contribution in [2.45, 2.75) is 0 Å². The minimum atomic E-state index is 0.300. The topological polar surface area (TPSA) is 57.9 Å². The van der Waals surface area contributed by atoms with Crippen LogP contribution in [0, 0.1) is 11.3 Å². The molecule has 1 aromatic heterocycles. The standard InChI is InChI=1S/C9H10ClN3O/c1-14-5-4-12-7-2-3-9(10)13-8(7)6-11/h2-3,12H,4-5H2,1H3. The van der Waals surface area contributed by atoms with Gasteiger partial charge in [0.15, 0.2) is 5.69 Å². The van der Waals surface area contributed by atoms with Gasteiger partial charge in [-0.3, -0.25) is 0 Å². The molecule has 0 amide bonds. The van der Waals surface area contributed by atoms with Crippen LogP contribution in [0.4, 0.5) is 5.69 Å². The lowest BCUT2D eigenvalue weighted by Gasteiger charge is -2.06. The summed E-state index contributed by atoms with van der Waals surface area (Å²) in [4.78, 5) is 3.87. The molecule has 0 aromatic carbocycles. The Kier molecular flexibility index (Phi) is 4.17. The Balaban J connectivity index is 2.72. The van der Waals surface area contributed by atoms with Gasteiger partial charge in [0.2, 0.25) is 0 Å². The minimum absolute atomic E-state index is 0.300. The Bertz CT molecular complexity index is 348. The van der Waals surface area contributed by atoms with E-state index in [1.165, 1.54) is 0 Å². The molecule has 74 valence electrons. The molecular formula is C9H10ClN3O. The Morgan fingerprint density at radius 2 is 2.43 bits per heavy atom. The largest absolute Gasteiger partial charge is 0.383 e. The molecule has 0 aliphatic heterocycles. The molecule has 0 aliphatic carbocycles. The van der Waals surface area contributed by atoms with Gasteiger partial charge in [0, 0.05) is 13.7 Å². The molecule has 0 fully saturated rings. The van der Waals surface area contributed by atoms with Crippen LogP contribution in [0.15, 0.2) is 12.1 Å². The molecule has 1 N–H and O–H groups in total. The summed E-state index contributed by atoms with van der Waals surface area (Å²) in [6.45, 7) is 1.21. The summed E-state index contributed by atoms with van der Waals surface area (Å²) >= 11 is 5.64. The number of anilines is 1. The molecule has 1 aromatic rings. The quantitative estimate of drug-likeness (QED) is 0.608. The van der Waals surface area contributed by atoms with Gasteiger partial charge < -0.3 is 10.1 Å². The van der Waals surface area contributed by atoms with Gasteiger partial charge in [-0.15, -0.1) is 0 Å². The van der Waals surface area contributed by atoms with Crippen LogP contribution in [0.3, 0.4) is 0 Å². The monoisotopic (exact) mass is 211 g/mol. The number of pyridine rings is 1. The van der Waals surface area contributed by atoms with Gasteiger partial charge in [0.05, 0.1) is 12.3 Å². The molecule has 0 atom stereocenters. The maximum absolute atomic E-state index is 8.76. The molecule has 0 radical (unpaired) electrons. The highest BCUT2D eigenvalue weighted by Crippen LogP contribution is 2.15. The molecule has 0 unspecified atom stereocenters. The van der Waals surface area contributed by atoms with Crippen molar-refractivity contribution in [3.8, 4) is 6.07 Å². The zero-order valence-corrected chi connectivity index (χ0v) is 8.51. The van der Waals surface area contributed by atoms with E-state index >= 15 is 0 Å². The van der Waals surface area contributed by atoms with Crippen LogP contribution in [0.2, 0.25) is 5.15 Å². The first-order valence-corrected chi connectivity index (χ1v) is 4.45. The van der Waals surface area contributed by atoms with E-state index < -0.39 is 0 Å². The fraction of sp³-hybridized carbons (Fsp3) is 0.333. The summed E-state index contributed by atoms with van der Waals surface area (Å²) in [5, 5.41) is 12.1. The molecular weight excluding hydrogens is 202 g/mol. The van der Waals surface area contributed by atoms with Crippen LogP contribution in [0.25, 0.3) is 0 Å². The van der Waals surface area contributed by atoms with Crippen molar-refractivity contribution in [1.29, 1.82) is 5.26 Å². The molecule has 1 rings (SSSR count). The minimum Gasteiger partial charge on any atom is -0.383 e. The molecule has 0 spiro atoms. The average Bonchev–Trinajstić information content (AvgIpc) is 2.20. The van der Waals surface area contributed by atoms with Gasteiger partial charge in [0.1, 0.15) is 11.2 Å². The van der Waals surface area contributed by atoms with Gasteiger partial charge in [-0.25, -0.2) is 4.98 Å². The maximum atomic E-state index is 8.76. The van der Waals surface area contributed by atoms with Gasteiger partial charge in [-0.1, -0.05) is 11.6 Å². The van der Waals surface area contributed by atoms with Crippen molar-refractivity contribution in [2.75, 3.05) is 25.6 Å². The van der Waals surface area contributed by atoms with Crippen LogP contribution in [-0.2, 0) is 4.74 Å². The number of nitriles is 1. The number of rotatable bonds is 4. The van der Waals surface area contributed by atoms with Crippen molar-refractivity contribution in [3.05, 3.63) is 23.0 Å². The Morgan fingerprint density at radius 3 is 3.07 bits per heavy atom. The average molecular weight is 212 g/mol. The number of nitrogens with one attached hydrogen (secondary N) is 1. The third kappa shape index (κ3) is 2.87. The normalized spacial score (nSPS) is 9.50. The number of halogens is 1. The van der Waals surface area contributed by atoms with Crippen molar-refractivity contribution >= 4 is 17.3 Å². The van der Waals surface area contributed by atoms with Crippen LogP contribution in [-0.4, -0.2) is 25.2 Å². The summed E-state index contributed by atoms with van der Waals surface area (Å²) in [5.41, 5.74) is 0.975. The maximum Gasteiger partial charge on any atom is 0.165 e. The van der Waals surface area contributed by atoms with Crippen molar-refractivity contribution < 1.29 is 4.74 Å². The smallest absolute Gasteiger partial charge is 0.165 e. The predicted octanol–water partition coefficient (Wildman–Crippen LogP) is 1.66. The van der Waals surface area contributed by atoms with Crippen molar-refractivity contribution in [1.82, 2.24) is 4.98 Å². The number of hydrogen-bond donors (Lipinski definition) is 1. The van der Waals surface area contributed by atoms with E-state index in [0.717, 1.165) is 0 Å². The molecule has 0 aliphatic rings. The molecule has 5 heteroatoms.